The van der Waals surface area contributed by atoms with Gasteiger partial charge in [-0.15, -0.1) is 0 Å². The van der Waals surface area contributed by atoms with Gasteiger partial charge in [0.1, 0.15) is 11.6 Å². The van der Waals surface area contributed by atoms with Crippen LogP contribution < -0.4 is 14.5 Å². The zero-order valence-corrected chi connectivity index (χ0v) is 32.1. The van der Waals surface area contributed by atoms with E-state index in [1.807, 2.05) is 30.1 Å². The largest absolute Gasteiger partial charge is 0.497 e. The van der Waals surface area contributed by atoms with Crippen LogP contribution in [0.2, 0.25) is 0 Å². The second kappa shape index (κ2) is 18.5. The van der Waals surface area contributed by atoms with E-state index >= 15 is 0 Å². The van der Waals surface area contributed by atoms with Crippen LogP contribution in [0.3, 0.4) is 0 Å². The predicted octanol–water partition coefficient (Wildman–Crippen LogP) is 7.99. The minimum Gasteiger partial charge on any atom is -0.497 e. The summed E-state index contributed by atoms with van der Waals surface area (Å²) in [5.74, 6) is 1.74. The molecular formula is C38H61FN6OS2. The molecule has 0 aromatic heterocycles. The highest BCUT2D eigenvalue weighted by Crippen LogP contribution is 2.33. The first kappa shape index (κ1) is 37.6. The molecule has 2 heterocycles. The summed E-state index contributed by atoms with van der Waals surface area (Å²) >= 11 is 3.89. The van der Waals surface area contributed by atoms with Gasteiger partial charge >= 0.3 is 0 Å². The maximum absolute atomic E-state index is 14.4. The van der Waals surface area contributed by atoms with Crippen molar-refractivity contribution in [3.05, 3.63) is 48.3 Å². The van der Waals surface area contributed by atoms with Crippen LogP contribution in [0.25, 0.3) is 0 Å². The smallest absolute Gasteiger partial charge is 0.128 e. The normalized spacial score (nSPS) is 25.4. The van der Waals surface area contributed by atoms with Crippen LogP contribution in [0, 0.1) is 17.7 Å². The third-order valence-corrected chi connectivity index (χ3v) is 12.3. The van der Waals surface area contributed by atoms with Gasteiger partial charge in [-0.3, -0.25) is 0 Å². The molecule has 48 heavy (non-hydrogen) atoms. The van der Waals surface area contributed by atoms with Gasteiger partial charge in [0, 0.05) is 113 Å². The van der Waals surface area contributed by atoms with Crippen molar-refractivity contribution in [3.8, 4) is 5.75 Å². The molecule has 268 valence electrons. The Morgan fingerprint density at radius 2 is 1.42 bits per heavy atom. The summed E-state index contributed by atoms with van der Waals surface area (Å²) in [6, 6.07) is 14.6. The van der Waals surface area contributed by atoms with E-state index in [1.54, 1.807) is 13.2 Å². The van der Waals surface area contributed by atoms with E-state index in [2.05, 4.69) is 86.7 Å². The van der Waals surface area contributed by atoms with Gasteiger partial charge in [0.05, 0.1) is 7.11 Å². The van der Waals surface area contributed by atoms with Crippen LogP contribution in [-0.2, 0) is 0 Å². The van der Waals surface area contributed by atoms with Crippen molar-refractivity contribution in [1.82, 2.24) is 17.8 Å². The molecule has 7 nitrogen and oxygen atoms in total. The standard InChI is InChI=1S/C38H61FN6OS2/c1-30-25-42(47-38-16-14-35(15-17-38)40(4)5)20-10-18-41(29-33-12-8-7-9-13-33)19-11-21-43(26-30)48-44-27-31(2)45(32(3)28-44)36-22-34(39)23-37(24-36)46-6/h14-17,22-24,30-33H,7-13,18-21,25-29H2,1-6H3. The number of nitrogens with zero attached hydrogens (tertiary/aromatic N) is 6. The Balaban J connectivity index is 1.26. The molecule has 3 unspecified atom stereocenters. The van der Waals surface area contributed by atoms with Crippen molar-refractivity contribution in [2.75, 3.05) is 89.9 Å². The van der Waals surface area contributed by atoms with Gasteiger partial charge in [-0.1, -0.05) is 26.2 Å². The van der Waals surface area contributed by atoms with E-state index in [0.717, 1.165) is 50.9 Å². The zero-order valence-electron chi connectivity index (χ0n) is 30.5. The van der Waals surface area contributed by atoms with Crippen LogP contribution in [0.4, 0.5) is 15.8 Å². The first-order chi connectivity index (χ1) is 23.2. The van der Waals surface area contributed by atoms with E-state index in [4.69, 9.17) is 4.74 Å². The lowest BCUT2D eigenvalue weighted by molar-refractivity contribution is 0.183. The van der Waals surface area contributed by atoms with Crippen LogP contribution >= 0.6 is 24.1 Å². The van der Waals surface area contributed by atoms with Crippen molar-refractivity contribution in [2.45, 2.75) is 82.7 Å². The number of hydrogen-bond acceptors (Lipinski definition) is 9. The molecule has 0 bridgehead atoms. The van der Waals surface area contributed by atoms with Crippen LogP contribution in [0.15, 0.2) is 47.4 Å². The third kappa shape index (κ3) is 11.2. The fourth-order valence-corrected chi connectivity index (χ4v) is 10.4. The number of piperazine rings is 1. The molecule has 0 N–H and O–H groups in total. The van der Waals surface area contributed by atoms with Gasteiger partial charge in [0.2, 0.25) is 0 Å². The van der Waals surface area contributed by atoms with Gasteiger partial charge in [-0.2, -0.15) is 0 Å². The monoisotopic (exact) mass is 700 g/mol. The number of anilines is 2. The quantitative estimate of drug-likeness (QED) is 0.242. The Kier molecular flexibility index (Phi) is 14.5. The first-order valence-electron chi connectivity index (χ1n) is 18.4. The van der Waals surface area contributed by atoms with E-state index in [-0.39, 0.29) is 17.9 Å². The lowest BCUT2D eigenvalue weighted by Crippen LogP contribution is -2.55. The van der Waals surface area contributed by atoms with Crippen LogP contribution in [0.5, 0.6) is 5.75 Å². The summed E-state index contributed by atoms with van der Waals surface area (Å²) in [6.45, 7) is 16.8. The number of benzene rings is 2. The molecule has 2 saturated heterocycles. The molecule has 3 atom stereocenters. The summed E-state index contributed by atoms with van der Waals surface area (Å²) in [7, 11) is 5.81. The van der Waals surface area contributed by atoms with Gasteiger partial charge < -0.3 is 19.4 Å². The molecular weight excluding hydrogens is 640 g/mol. The second-order valence-electron chi connectivity index (χ2n) is 14.8. The number of methoxy groups -OCH3 is 1. The van der Waals surface area contributed by atoms with Crippen molar-refractivity contribution >= 4 is 35.5 Å². The van der Waals surface area contributed by atoms with Crippen LogP contribution in [0.1, 0.15) is 65.7 Å². The molecule has 2 aromatic carbocycles. The van der Waals surface area contributed by atoms with Crippen molar-refractivity contribution in [1.29, 1.82) is 0 Å². The maximum atomic E-state index is 14.4. The fourth-order valence-electron chi connectivity index (χ4n) is 7.85. The Morgan fingerprint density at radius 1 is 0.771 bits per heavy atom. The molecule has 0 amide bonds. The summed E-state index contributed by atoms with van der Waals surface area (Å²) in [6.07, 6.45) is 9.49. The minimum atomic E-state index is -0.246. The Hall–Kier alpha value is -1.69. The summed E-state index contributed by atoms with van der Waals surface area (Å²) in [5.41, 5.74) is 2.15. The SMILES string of the molecule is COc1cc(F)cc(N2C(C)CN(SN3CCCN(CC4CCCCC4)CCCN(Sc4ccc(N(C)C)cc4)CC(C)C3)CC2C)c1. The Bertz CT molecular complexity index is 1240. The van der Waals surface area contributed by atoms with Crippen molar-refractivity contribution in [2.24, 2.45) is 11.8 Å². The van der Waals surface area contributed by atoms with E-state index in [1.165, 1.54) is 81.2 Å². The van der Waals surface area contributed by atoms with Crippen molar-refractivity contribution < 1.29 is 9.13 Å². The van der Waals surface area contributed by atoms with E-state index < -0.39 is 0 Å². The Labute approximate surface area is 299 Å². The van der Waals surface area contributed by atoms with E-state index in [9.17, 15) is 4.39 Å². The highest BCUT2D eigenvalue weighted by atomic mass is 32.2. The third-order valence-electron chi connectivity index (χ3n) is 10.1. The van der Waals surface area contributed by atoms with Crippen LogP contribution in [-0.4, -0.2) is 110 Å². The molecule has 2 aromatic rings. The molecule has 3 fully saturated rings. The first-order valence-corrected chi connectivity index (χ1v) is 19.9. The summed E-state index contributed by atoms with van der Waals surface area (Å²) in [5, 5.41) is 0. The zero-order chi connectivity index (χ0) is 34.0. The van der Waals surface area contributed by atoms with Gasteiger partial charge in [-0.25, -0.2) is 17.3 Å². The highest BCUT2D eigenvalue weighted by Gasteiger charge is 2.32. The molecule has 3 aliphatic rings. The molecule has 5 rings (SSSR count). The minimum absolute atomic E-state index is 0.246. The van der Waals surface area contributed by atoms with Gasteiger partial charge in [0.15, 0.2) is 0 Å². The lowest BCUT2D eigenvalue weighted by Gasteiger charge is -2.46. The molecule has 2 aliphatic heterocycles. The number of ether oxygens (including phenoxy) is 1. The molecule has 1 saturated carbocycles. The van der Waals surface area contributed by atoms with Gasteiger partial charge in [0.25, 0.3) is 0 Å². The molecule has 0 radical (unpaired) electrons. The molecule has 10 heteroatoms. The van der Waals surface area contributed by atoms with Crippen molar-refractivity contribution in [3.63, 3.8) is 0 Å². The lowest BCUT2D eigenvalue weighted by atomic mass is 9.89. The number of hydrogen-bond donors (Lipinski definition) is 0. The topological polar surface area (TPSA) is 28.7 Å². The van der Waals surface area contributed by atoms with Gasteiger partial charge in [-0.05, 0) is 107 Å². The predicted molar refractivity (Wildman–Crippen MR) is 205 cm³/mol. The second-order valence-corrected chi connectivity index (χ2v) is 17.1. The fraction of sp³-hybridized carbons (Fsp3) is 0.684. The molecule has 1 aliphatic carbocycles. The average molecular weight is 701 g/mol. The number of halogens is 1. The summed E-state index contributed by atoms with van der Waals surface area (Å²) in [4.78, 5) is 8.65. The van der Waals surface area contributed by atoms with E-state index in [0.29, 0.717) is 11.7 Å². The summed E-state index contributed by atoms with van der Waals surface area (Å²) < 4.78 is 27.7. The average Bonchev–Trinajstić information content (AvgIpc) is 3.04. The Morgan fingerprint density at radius 3 is 2.06 bits per heavy atom. The highest BCUT2D eigenvalue weighted by molar-refractivity contribution is 7.97. The number of rotatable bonds is 9. The molecule has 0 spiro atoms. The maximum Gasteiger partial charge on any atom is 0.128 e.